The summed E-state index contributed by atoms with van der Waals surface area (Å²) in [6.45, 7) is 0.407. The van der Waals surface area contributed by atoms with Gasteiger partial charge < -0.3 is 9.74 Å². The molecule has 0 saturated heterocycles. The predicted octanol–water partition coefficient (Wildman–Crippen LogP) is 1.88. The van der Waals surface area contributed by atoms with Crippen molar-refractivity contribution in [2.75, 3.05) is 13.6 Å². The Morgan fingerprint density at radius 1 is 1.53 bits per heavy atom. The summed E-state index contributed by atoms with van der Waals surface area (Å²) in [6.07, 6.45) is 0.600. The number of nitrogens with zero attached hydrogens (tertiary/aromatic N) is 3. The lowest BCUT2D eigenvalue weighted by molar-refractivity contribution is -0.122. The van der Waals surface area contributed by atoms with Gasteiger partial charge in [0.25, 0.3) is 5.91 Å². The van der Waals surface area contributed by atoms with Crippen LogP contribution in [0.3, 0.4) is 0 Å². The smallest absolute Gasteiger partial charge is 0.271 e. The molecule has 0 spiro atoms. The van der Waals surface area contributed by atoms with Crippen LogP contribution >= 0.6 is 0 Å². The molecule has 98 valence electrons. The van der Waals surface area contributed by atoms with Crippen LogP contribution in [0.15, 0.2) is 35.5 Å². The van der Waals surface area contributed by atoms with E-state index in [1.807, 2.05) is 36.4 Å². The van der Waals surface area contributed by atoms with Gasteiger partial charge in [0.2, 0.25) is 0 Å². The van der Waals surface area contributed by atoms with Gasteiger partial charge in [0.05, 0.1) is 12.5 Å². The van der Waals surface area contributed by atoms with Crippen molar-refractivity contribution in [1.29, 1.82) is 5.26 Å². The highest BCUT2D eigenvalue weighted by Gasteiger charge is 2.28. The number of carbonyl (C=O) groups is 1. The number of amides is 1. The van der Waals surface area contributed by atoms with E-state index in [1.54, 1.807) is 7.05 Å². The van der Waals surface area contributed by atoms with E-state index in [0.29, 0.717) is 25.1 Å². The van der Waals surface area contributed by atoms with Crippen LogP contribution < -0.4 is 0 Å². The topological polar surface area (TPSA) is 65.7 Å². The van der Waals surface area contributed by atoms with E-state index in [4.69, 9.17) is 10.1 Å². The number of benzene rings is 1. The second-order valence-corrected chi connectivity index (χ2v) is 4.38. The molecular formula is C14H15N3O2. The minimum atomic E-state index is -0.190. The zero-order chi connectivity index (χ0) is 13.7. The molecule has 1 amide bonds. The van der Waals surface area contributed by atoms with Crippen LogP contribution in [0.2, 0.25) is 0 Å². The Hall–Kier alpha value is -2.35. The normalized spacial score (nSPS) is 17.3. The molecule has 1 aromatic carbocycles. The summed E-state index contributed by atoms with van der Waals surface area (Å²) in [5, 5.41) is 12.4. The third-order valence-corrected chi connectivity index (χ3v) is 2.99. The first kappa shape index (κ1) is 13.1. The van der Waals surface area contributed by atoms with E-state index in [0.717, 1.165) is 5.56 Å². The van der Waals surface area contributed by atoms with Crippen molar-refractivity contribution >= 4 is 11.6 Å². The first-order valence-electron chi connectivity index (χ1n) is 6.12. The van der Waals surface area contributed by atoms with Crippen LogP contribution in [0.4, 0.5) is 0 Å². The zero-order valence-electron chi connectivity index (χ0n) is 10.7. The van der Waals surface area contributed by atoms with Gasteiger partial charge in [-0.1, -0.05) is 35.5 Å². The van der Waals surface area contributed by atoms with Gasteiger partial charge >= 0.3 is 0 Å². The van der Waals surface area contributed by atoms with Crippen molar-refractivity contribution in [1.82, 2.24) is 4.90 Å². The fourth-order valence-corrected chi connectivity index (χ4v) is 1.89. The molecule has 1 aliphatic rings. The molecule has 19 heavy (non-hydrogen) atoms. The number of rotatable bonds is 4. The quantitative estimate of drug-likeness (QED) is 0.827. The van der Waals surface area contributed by atoms with Crippen LogP contribution in [0, 0.1) is 11.3 Å². The number of hydrogen-bond donors (Lipinski definition) is 0. The van der Waals surface area contributed by atoms with Gasteiger partial charge in [-0.25, -0.2) is 0 Å². The Labute approximate surface area is 112 Å². The number of oxime groups is 1. The summed E-state index contributed by atoms with van der Waals surface area (Å²) in [4.78, 5) is 18.8. The maximum Gasteiger partial charge on any atom is 0.271 e. The van der Waals surface area contributed by atoms with E-state index in [2.05, 4.69) is 5.16 Å². The molecule has 0 aromatic heterocycles. The van der Waals surface area contributed by atoms with Gasteiger partial charge in [-0.2, -0.15) is 5.26 Å². The van der Waals surface area contributed by atoms with E-state index < -0.39 is 0 Å². The Balaban J connectivity index is 1.95. The molecule has 2 rings (SSSR count). The molecule has 0 saturated carbocycles. The molecule has 5 heteroatoms. The van der Waals surface area contributed by atoms with E-state index in [-0.39, 0.29) is 12.0 Å². The molecule has 0 aliphatic carbocycles. The zero-order valence-corrected chi connectivity index (χ0v) is 10.7. The molecule has 1 heterocycles. The van der Waals surface area contributed by atoms with Crippen LogP contribution in [-0.2, 0) is 9.63 Å². The standard InChI is InChI=1S/C14H15N3O2/c1-17(9-5-8-15)14(18)12-10-13(19-16-12)11-6-3-2-4-7-11/h2-4,6-7,13H,5,9-10H2,1H3. The molecule has 0 bridgehead atoms. The van der Waals surface area contributed by atoms with Crippen LogP contribution in [0.1, 0.15) is 24.5 Å². The first-order valence-corrected chi connectivity index (χ1v) is 6.12. The Bertz CT molecular complexity index is 519. The van der Waals surface area contributed by atoms with Crippen molar-refractivity contribution in [3.63, 3.8) is 0 Å². The highest BCUT2D eigenvalue weighted by Crippen LogP contribution is 2.27. The SMILES string of the molecule is CN(CCC#N)C(=O)C1=NOC(c2ccccc2)C1. The molecule has 0 radical (unpaired) electrons. The largest absolute Gasteiger partial charge is 0.387 e. The third-order valence-electron chi connectivity index (χ3n) is 2.99. The lowest BCUT2D eigenvalue weighted by Gasteiger charge is -2.14. The lowest BCUT2D eigenvalue weighted by atomic mass is 10.0. The molecule has 0 fully saturated rings. The Kier molecular flexibility index (Phi) is 4.14. The lowest BCUT2D eigenvalue weighted by Crippen LogP contribution is -2.33. The third kappa shape index (κ3) is 3.10. The molecule has 1 atom stereocenters. The summed E-state index contributed by atoms with van der Waals surface area (Å²) in [5.41, 5.74) is 1.42. The molecular weight excluding hydrogens is 242 g/mol. The van der Waals surface area contributed by atoms with E-state index in [9.17, 15) is 4.79 Å². The van der Waals surface area contributed by atoms with Gasteiger partial charge in [0.15, 0.2) is 6.10 Å². The maximum atomic E-state index is 12.0. The predicted molar refractivity (Wildman–Crippen MR) is 70.2 cm³/mol. The monoisotopic (exact) mass is 257 g/mol. The Morgan fingerprint density at radius 2 is 2.26 bits per heavy atom. The van der Waals surface area contributed by atoms with Crippen molar-refractivity contribution in [3.05, 3.63) is 35.9 Å². The van der Waals surface area contributed by atoms with Crippen molar-refractivity contribution in [2.24, 2.45) is 5.16 Å². The summed E-state index contributed by atoms with van der Waals surface area (Å²) in [7, 11) is 1.66. The summed E-state index contributed by atoms with van der Waals surface area (Å²) >= 11 is 0. The highest BCUT2D eigenvalue weighted by molar-refractivity contribution is 6.39. The molecule has 1 aliphatic heterocycles. The van der Waals surface area contributed by atoms with Crippen LogP contribution in [0.25, 0.3) is 0 Å². The average molecular weight is 257 g/mol. The fourth-order valence-electron chi connectivity index (χ4n) is 1.89. The first-order chi connectivity index (χ1) is 9.22. The molecule has 5 nitrogen and oxygen atoms in total. The van der Waals surface area contributed by atoms with Crippen molar-refractivity contribution in [3.8, 4) is 6.07 Å². The summed E-state index contributed by atoms with van der Waals surface area (Å²) in [6, 6.07) is 11.7. The second-order valence-electron chi connectivity index (χ2n) is 4.38. The van der Waals surface area contributed by atoms with Crippen molar-refractivity contribution in [2.45, 2.75) is 18.9 Å². The number of carbonyl (C=O) groups excluding carboxylic acids is 1. The number of hydrogen-bond acceptors (Lipinski definition) is 4. The van der Waals surface area contributed by atoms with E-state index >= 15 is 0 Å². The minimum absolute atomic E-state index is 0.173. The average Bonchev–Trinajstić information content (AvgIpc) is 2.94. The summed E-state index contributed by atoms with van der Waals surface area (Å²) < 4.78 is 0. The molecule has 0 N–H and O–H groups in total. The van der Waals surface area contributed by atoms with Crippen molar-refractivity contribution < 1.29 is 9.63 Å². The van der Waals surface area contributed by atoms with Crippen LogP contribution in [-0.4, -0.2) is 30.1 Å². The van der Waals surface area contributed by atoms with Gasteiger partial charge in [-0.3, -0.25) is 4.79 Å². The number of nitriles is 1. The molecule has 1 unspecified atom stereocenters. The minimum Gasteiger partial charge on any atom is -0.387 e. The maximum absolute atomic E-state index is 12.0. The highest BCUT2D eigenvalue weighted by atomic mass is 16.6. The van der Waals surface area contributed by atoms with Crippen LogP contribution in [0.5, 0.6) is 0 Å². The summed E-state index contributed by atoms with van der Waals surface area (Å²) in [5.74, 6) is -0.173. The second kappa shape index (κ2) is 6.01. The van der Waals surface area contributed by atoms with Gasteiger partial charge in [-0.05, 0) is 5.56 Å². The Morgan fingerprint density at radius 3 is 2.95 bits per heavy atom. The molecule has 1 aromatic rings. The fraction of sp³-hybridized carbons (Fsp3) is 0.357. The van der Waals surface area contributed by atoms with Gasteiger partial charge in [0.1, 0.15) is 5.71 Å². The van der Waals surface area contributed by atoms with Gasteiger partial charge in [0, 0.05) is 20.0 Å². The van der Waals surface area contributed by atoms with E-state index in [1.165, 1.54) is 4.90 Å². The van der Waals surface area contributed by atoms with Gasteiger partial charge in [-0.15, -0.1) is 0 Å².